The van der Waals surface area contributed by atoms with E-state index in [1.165, 1.54) is 0 Å². The van der Waals surface area contributed by atoms with Crippen LogP contribution in [-0.4, -0.2) is 23.9 Å². The van der Waals surface area contributed by atoms with Crippen molar-refractivity contribution in [3.8, 4) is 0 Å². The quantitative estimate of drug-likeness (QED) is 0.926. The van der Waals surface area contributed by atoms with Crippen LogP contribution in [0.5, 0.6) is 0 Å². The maximum atomic E-state index is 12.0. The number of rotatable bonds is 4. The highest BCUT2D eigenvalue weighted by atomic mass is 35.5. The predicted molar refractivity (Wildman–Crippen MR) is 75.7 cm³/mol. The summed E-state index contributed by atoms with van der Waals surface area (Å²) in [6, 6.07) is 4.76. The van der Waals surface area contributed by atoms with E-state index < -0.39 is 6.04 Å². The van der Waals surface area contributed by atoms with Gasteiger partial charge in [0, 0.05) is 23.6 Å². The Labute approximate surface area is 118 Å². The molecule has 0 saturated carbocycles. The van der Waals surface area contributed by atoms with Gasteiger partial charge in [0.15, 0.2) is 0 Å². The minimum absolute atomic E-state index is 0.0823. The predicted octanol–water partition coefficient (Wildman–Crippen LogP) is 2.94. The van der Waals surface area contributed by atoms with Crippen molar-refractivity contribution in [3.63, 3.8) is 0 Å². The molecule has 1 aromatic rings. The molecule has 1 atom stereocenters. The summed E-state index contributed by atoms with van der Waals surface area (Å²) in [7, 11) is 1.72. The van der Waals surface area contributed by atoms with Gasteiger partial charge in [-0.25, -0.2) is 0 Å². The van der Waals surface area contributed by atoms with Crippen molar-refractivity contribution in [1.29, 1.82) is 0 Å². The highest BCUT2D eigenvalue weighted by molar-refractivity contribution is 6.34. The molecule has 0 aliphatic heterocycles. The second-order valence-electron chi connectivity index (χ2n) is 4.74. The Morgan fingerprint density at radius 2 is 1.78 bits per heavy atom. The lowest BCUT2D eigenvalue weighted by molar-refractivity contribution is -0.132. The molecule has 0 saturated heterocycles. The SMILES string of the molecule is CC(C)C(N)C(=O)N(C)Cc1cc(Cl)cc(Cl)c1. The number of halogens is 2. The van der Waals surface area contributed by atoms with E-state index >= 15 is 0 Å². The van der Waals surface area contributed by atoms with Gasteiger partial charge in [-0.15, -0.1) is 0 Å². The summed E-state index contributed by atoms with van der Waals surface area (Å²) in [5, 5.41) is 1.12. The zero-order chi connectivity index (χ0) is 13.9. The number of hydrogen-bond donors (Lipinski definition) is 1. The number of amides is 1. The second-order valence-corrected chi connectivity index (χ2v) is 5.61. The normalized spacial score (nSPS) is 12.6. The van der Waals surface area contributed by atoms with Gasteiger partial charge in [0.05, 0.1) is 6.04 Å². The molecule has 0 bridgehead atoms. The highest BCUT2D eigenvalue weighted by Gasteiger charge is 2.21. The first kappa shape index (κ1) is 15.3. The number of nitrogens with zero attached hydrogens (tertiary/aromatic N) is 1. The summed E-state index contributed by atoms with van der Waals surface area (Å²) < 4.78 is 0. The van der Waals surface area contributed by atoms with Gasteiger partial charge < -0.3 is 10.6 Å². The van der Waals surface area contributed by atoms with Crippen LogP contribution >= 0.6 is 23.2 Å². The molecule has 1 aromatic carbocycles. The Morgan fingerprint density at radius 3 is 2.22 bits per heavy atom. The summed E-state index contributed by atoms with van der Waals surface area (Å²) in [5.74, 6) is 0.0315. The van der Waals surface area contributed by atoms with Crippen LogP contribution in [0.1, 0.15) is 19.4 Å². The third kappa shape index (κ3) is 4.16. The first-order valence-corrected chi connectivity index (χ1v) is 6.52. The average Bonchev–Trinajstić information content (AvgIpc) is 2.25. The van der Waals surface area contributed by atoms with Crippen molar-refractivity contribution in [3.05, 3.63) is 33.8 Å². The number of hydrogen-bond acceptors (Lipinski definition) is 2. The molecule has 100 valence electrons. The van der Waals surface area contributed by atoms with E-state index in [9.17, 15) is 4.79 Å². The maximum Gasteiger partial charge on any atom is 0.239 e. The molecule has 1 amide bonds. The minimum atomic E-state index is -0.482. The van der Waals surface area contributed by atoms with E-state index in [2.05, 4.69) is 0 Å². The van der Waals surface area contributed by atoms with E-state index in [0.29, 0.717) is 16.6 Å². The molecule has 0 fully saturated rings. The van der Waals surface area contributed by atoms with Crippen molar-refractivity contribution in [2.45, 2.75) is 26.4 Å². The smallest absolute Gasteiger partial charge is 0.239 e. The number of carbonyl (C=O) groups is 1. The molecule has 0 spiro atoms. The van der Waals surface area contributed by atoms with E-state index in [0.717, 1.165) is 5.56 Å². The van der Waals surface area contributed by atoms with E-state index in [4.69, 9.17) is 28.9 Å². The second kappa shape index (κ2) is 6.41. The summed E-state index contributed by atoms with van der Waals surface area (Å²) >= 11 is 11.8. The molecule has 1 rings (SSSR count). The van der Waals surface area contributed by atoms with Crippen LogP contribution in [-0.2, 0) is 11.3 Å². The fourth-order valence-corrected chi connectivity index (χ4v) is 2.16. The van der Waals surface area contributed by atoms with E-state index in [1.807, 2.05) is 13.8 Å². The number of likely N-dealkylation sites (N-methyl/N-ethyl adjacent to an activating group) is 1. The summed E-state index contributed by atoms with van der Waals surface area (Å²) in [6.07, 6.45) is 0. The first-order valence-electron chi connectivity index (χ1n) is 5.76. The molecule has 0 aliphatic carbocycles. The average molecular weight is 289 g/mol. The molecule has 5 heteroatoms. The van der Waals surface area contributed by atoms with Crippen molar-refractivity contribution in [1.82, 2.24) is 4.90 Å². The topological polar surface area (TPSA) is 46.3 Å². The van der Waals surface area contributed by atoms with Gasteiger partial charge in [-0.1, -0.05) is 37.0 Å². The molecule has 3 nitrogen and oxygen atoms in total. The number of carbonyl (C=O) groups excluding carboxylic acids is 1. The van der Waals surface area contributed by atoms with Gasteiger partial charge >= 0.3 is 0 Å². The van der Waals surface area contributed by atoms with E-state index in [1.54, 1.807) is 30.1 Å². The Hall–Kier alpha value is -0.770. The molecule has 0 aromatic heterocycles. The molecular formula is C13H18Cl2N2O. The molecule has 0 aliphatic rings. The Morgan fingerprint density at radius 1 is 1.28 bits per heavy atom. The molecule has 2 N–H and O–H groups in total. The highest BCUT2D eigenvalue weighted by Crippen LogP contribution is 2.20. The monoisotopic (exact) mass is 288 g/mol. The number of nitrogens with two attached hydrogens (primary N) is 1. The maximum absolute atomic E-state index is 12.0. The summed E-state index contributed by atoms with van der Waals surface area (Å²) in [6.45, 7) is 4.29. The third-order valence-electron chi connectivity index (χ3n) is 2.72. The third-order valence-corrected chi connectivity index (χ3v) is 3.16. The summed E-state index contributed by atoms with van der Waals surface area (Å²) in [4.78, 5) is 13.6. The van der Waals surface area contributed by atoms with Crippen LogP contribution in [0, 0.1) is 5.92 Å². The van der Waals surface area contributed by atoms with Crippen molar-refractivity contribution in [2.24, 2.45) is 11.7 Å². The van der Waals surface area contributed by atoms with Gasteiger partial charge in [-0.05, 0) is 29.7 Å². The van der Waals surface area contributed by atoms with Crippen molar-refractivity contribution < 1.29 is 4.79 Å². The van der Waals surface area contributed by atoms with Crippen LogP contribution in [0.25, 0.3) is 0 Å². The number of benzene rings is 1. The molecular weight excluding hydrogens is 271 g/mol. The van der Waals surface area contributed by atoms with Gasteiger partial charge in [0.1, 0.15) is 0 Å². The van der Waals surface area contributed by atoms with Gasteiger partial charge in [-0.3, -0.25) is 4.79 Å². The molecule has 0 radical (unpaired) electrons. The van der Waals surface area contributed by atoms with Gasteiger partial charge in [0.2, 0.25) is 5.91 Å². The fourth-order valence-electron chi connectivity index (χ4n) is 1.59. The van der Waals surface area contributed by atoms with Crippen molar-refractivity contribution >= 4 is 29.1 Å². The lowest BCUT2D eigenvalue weighted by Crippen LogP contribution is -2.44. The van der Waals surface area contributed by atoms with Gasteiger partial charge in [0.25, 0.3) is 0 Å². The van der Waals surface area contributed by atoms with Crippen LogP contribution in [0.2, 0.25) is 10.0 Å². The lowest BCUT2D eigenvalue weighted by Gasteiger charge is -2.23. The first-order chi connectivity index (χ1) is 8.31. The van der Waals surface area contributed by atoms with Crippen LogP contribution < -0.4 is 5.73 Å². The molecule has 18 heavy (non-hydrogen) atoms. The molecule has 1 unspecified atom stereocenters. The lowest BCUT2D eigenvalue weighted by atomic mass is 10.0. The fraction of sp³-hybridized carbons (Fsp3) is 0.462. The minimum Gasteiger partial charge on any atom is -0.340 e. The Bertz CT molecular complexity index is 415. The Kier molecular flexibility index (Phi) is 5.45. The van der Waals surface area contributed by atoms with Crippen LogP contribution in [0.15, 0.2) is 18.2 Å². The molecule has 0 heterocycles. The Balaban J connectivity index is 2.75. The van der Waals surface area contributed by atoms with E-state index in [-0.39, 0.29) is 11.8 Å². The largest absolute Gasteiger partial charge is 0.340 e. The summed E-state index contributed by atoms with van der Waals surface area (Å²) in [5.41, 5.74) is 6.72. The van der Waals surface area contributed by atoms with Crippen LogP contribution in [0.4, 0.5) is 0 Å². The zero-order valence-corrected chi connectivity index (χ0v) is 12.3. The standard InChI is InChI=1S/C13H18Cl2N2O/c1-8(2)12(16)13(18)17(3)7-9-4-10(14)6-11(15)5-9/h4-6,8,12H,7,16H2,1-3H3. The van der Waals surface area contributed by atoms with Crippen LogP contribution in [0.3, 0.4) is 0 Å². The zero-order valence-electron chi connectivity index (χ0n) is 10.8. The van der Waals surface area contributed by atoms with Gasteiger partial charge in [-0.2, -0.15) is 0 Å². The van der Waals surface area contributed by atoms with Crippen molar-refractivity contribution in [2.75, 3.05) is 7.05 Å².